The van der Waals surface area contributed by atoms with Crippen LogP contribution in [0.4, 0.5) is 0 Å². The molecule has 3 heteroatoms. The second-order valence-electron chi connectivity index (χ2n) is 7.15. The Morgan fingerprint density at radius 2 is 1.74 bits per heavy atom. The van der Waals surface area contributed by atoms with Crippen molar-refractivity contribution in [2.24, 2.45) is 5.92 Å². The number of carbonyl (C=O) groups is 1. The van der Waals surface area contributed by atoms with E-state index in [-0.39, 0.29) is 17.0 Å². The number of rotatable bonds is 1. The van der Waals surface area contributed by atoms with Crippen LogP contribution in [0.5, 0.6) is 5.75 Å². The summed E-state index contributed by atoms with van der Waals surface area (Å²) in [6.45, 7) is 0. The molecule has 2 unspecified atom stereocenters. The third-order valence-electron chi connectivity index (χ3n) is 5.84. The maximum atomic E-state index is 13.2. The summed E-state index contributed by atoms with van der Waals surface area (Å²) >= 11 is 1.81. The fourth-order valence-corrected chi connectivity index (χ4v) is 5.99. The molecule has 2 nitrogen and oxygen atoms in total. The lowest BCUT2D eigenvalue weighted by Gasteiger charge is -2.29. The maximum Gasteiger partial charge on any atom is 0.174 e. The number of thioether (sulfide) groups is 1. The van der Waals surface area contributed by atoms with Crippen molar-refractivity contribution in [2.45, 2.75) is 10.1 Å². The first-order valence-corrected chi connectivity index (χ1v) is 9.98. The SMILES string of the molecule is COc1cc2c3c(ccc4c3c1SC1C=CC=CC=41)C(=O)C1C=CC=CC=21. The highest BCUT2D eigenvalue weighted by molar-refractivity contribution is 8.01. The van der Waals surface area contributed by atoms with Gasteiger partial charge in [0.1, 0.15) is 5.75 Å². The molecule has 0 aromatic heterocycles. The zero-order valence-corrected chi connectivity index (χ0v) is 15.5. The molecule has 4 aliphatic rings. The van der Waals surface area contributed by atoms with Gasteiger partial charge in [-0.2, -0.15) is 0 Å². The number of fused-ring (bicyclic) bond motifs is 2. The topological polar surface area (TPSA) is 26.3 Å². The van der Waals surface area contributed by atoms with Crippen molar-refractivity contribution < 1.29 is 9.53 Å². The van der Waals surface area contributed by atoms with Crippen LogP contribution < -0.4 is 15.2 Å². The Morgan fingerprint density at radius 1 is 0.926 bits per heavy atom. The maximum absolute atomic E-state index is 13.2. The van der Waals surface area contributed by atoms with Crippen molar-refractivity contribution >= 4 is 39.5 Å². The van der Waals surface area contributed by atoms with Crippen LogP contribution in [0.1, 0.15) is 10.4 Å². The van der Waals surface area contributed by atoms with Crippen molar-refractivity contribution in [2.75, 3.05) is 7.11 Å². The zero-order chi connectivity index (χ0) is 18.1. The first-order chi connectivity index (χ1) is 13.3. The van der Waals surface area contributed by atoms with Gasteiger partial charge in [-0.1, -0.05) is 60.7 Å². The molecule has 27 heavy (non-hydrogen) atoms. The summed E-state index contributed by atoms with van der Waals surface area (Å²) in [5.41, 5.74) is 3.21. The van der Waals surface area contributed by atoms with E-state index in [2.05, 4.69) is 42.5 Å². The summed E-state index contributed by atoms with van der Waals surface area (Å²) in [6.07, 6.45) is 16.7. The van der Waals surface area contributed by atoms with E-state index in [9.17, 15) is 4.79 Å². The number of benzene rings is 2. The summed E-state index contributed by atoms with van der Waals surface area (Å²) in [6, 6.07) is 6.28. The van der Waals surface area contributed by atoms with Gasteiger partial charge >= 0.3 is 0 Å². The van der Waals surface area contributed by atoms with Crippen LogP contribution in [0.15, 0.2) is 71.7 Å². The summed E-state index contributed by atoms with van der Waals surface area (Å²) in [4.78, 5) is 14.4. The minimum Gasteiger partial charge on any atom is -0.496 e. The van der Waals surface area contributed by atoms with Crippen LogP contribution in [-0.4, -0.2) is 18.1 Å². The largest absolute Gasteiger partial charge is 0.496 e. The first kappa shape index (κ1) is 15.3. The van der Waals surface area contributed by atoms with Crippen molar-refractivity contribution in [1.29, 1.82) is 0 Å². The van der Waals surface area contributed by atoms with Crippen LogP contribution >= 0.6 is 11.8 Å². The molecule has 2 aromatic carbocycles. The fourth-order valence-electron chi connectivity index (χ4n) is 4.64. The monoisotopic (exact) mass is 368 g/mol. The number of Topliss-reactive ketones (excluding diaryl/α,β-unsaturated/α-hetero) is 1. The van der Waals surface area contributed by atoms with Gasteiger partial charge in [0.25, 0.3) is 0 Å². The summed E-state index contributed by atoms with van der Waals surface area (Å²) < 4.78 is 5.81. The molecule has 1 heterocycles. The Balaban J connectivity index is 1.91. The van der Waals surface area contributed by atoms with Gasteiger partial charge in [-0.05, 0) is 27.6 Å². The number of allylic oxidation sites excluding steroid dienone is 7. The molecule has 0 amide bonds. The molecule has 3 aliphatic carbocycles. The molecule has 0 saturated heterocycles. The highest BCUT2D eigenvalue weighted by atomic mass is 32.2. The molecule has 2 atom stereocenters. The number of carbonyl (C=O) groups excluding carboxylic acids is 1. The van der Waals surface area contributed by atoms with Gasteiger partial charge in [-0.15, -0.1) is 11.8 Å². The van der Waals surface area contributed by atoms with E-state index in [1.807, 2.05) is 36.1 Å². The van der Waals surface area contributed by atoms with Gasteiger partial charge in [0, 0.05) is 16.3 Å². The van der Waals surface area contributed by atoms with Crippen molar-refractivity contribution in [3.05, 3.63) is 82.8 Å². The van der Waals surface area contributed by atoms with Gasteiger partial charge in [0.15, 0.2) is 5.78 Å². The Morgan fingerprint density at radius 3 is 2.59 bits per heavy atom. The number of methoxy groups -OCH3 is 1. The number of ketones is 1. The highest BCUT2D eigenvalue weighted by Gasteiger charge is 2.33. The number of hydrogen-bond acceptors (Lipinski definition) is 3. The third kappa shape index (κ3) is 1.90. The van der Waals surface area contributed by atoms with Crippen molar-refractivity contribution in [1.82, 2.24) is 0 Å². The van der Waals surface area contributed by atoms with E-state index in [1.54, 1.807) is 7.11 Å². The van der Waals surface area contributed by atoms with E-state index >= 15 is 0 Å². The molecule has 0 N–H and O–H groups in total. The van der Waals surface area contributed by atoms with Crippen molar-refractivity contribution in [3.63, 3.8) is 0 Å². The lowest BCUT2D eigenvalue weighted by molar-refractivity contribution is 0.0969. The number of ether oxygens (including phenoxy) is 1. The lowest BCUT2D eigenvalue weighted by Crippen LogP contribution is -2.31. The zero-order valence-electron chi connectivity index (χ0n) is 14.7. The normalized spacial score (nSPS) is 23.7. The molecular formula is C24H16O2S. The molecular weight excluding hydrogens is 352 g/mol. The van der Waals surface area contributed by atoms with Crippen LogP contribution in [-0.2, 0) is 0 Å². The van der Waals surface area contributed by atoms with Crippen LogP contribution in [0.2, 0.25) is 0 Å². The quantitative estimate of drug-likeness (QED) is 0.768. The molecule has 2 aromatic rings. The molecule has 0 fully saturated rings. The van der Waals surface area contributed by atoms with Crippen LogP contribution in [0.3, 0.4) is 0 Å². The standard InChI is InChI=1S/C24H16O2S/c1-26-19-12-18-13-6-2-3-8-16(13)23(25)17-11-10-15-14-7-4-5-9-20(14)27-24(19)22(15)21(17)18/h2-12,16,20H,1H3. The van der Waals surface area contributed by atoms with E-state index in [4.69, 9.17) is 4.74 Å². The fraction of sp³-hybridized carbons (Fsp3) is 0.125. The van der Waals surface area contributed by atoms with Gasteiger partial charge < -0.3 is 4.74 Å². The summed E-state index contributed by atoms with van der Waals surface area (Å²) in [5, 5.41) is 4.88. The highest BCUT2D eigenvalue weighted by Crippen LogP contribution is 2.44. The van der Waals surface area contributed by atoms with Gasteiger partial charge in [0.05, 0.1) is 23.2 Å². The minimum atomic E-state index is -0.194. The van der Waals surface area contributed by atoms with Crippen molar-refractivity contribution in [3.8, 4) is 5.75 Å². The van der Waals surface area contributed by atoms with E-state index in [0.717, 1.165) is 32.4 Å². The molecule has 0 bridgehead atoms. The Labute approximate surface area is 160 Å². The third-order valence-corrected chi connectivity index (χ3v) is 7.15. The number of hydrogen-bond donors (Lipinski definition) is 0. The Hall–Kier alpha value is -2.78. The first-order valence-electron chi connectivity index (χ1n) is 9.10. The molecule has 0 radical (unpaired) electrons. The molecule has 130 valence electrons. The van der Waals surface area contributed by atoms with Gasteiger partial charge in [-0.25, -0.2) is 0 Å². The van der Waals surface area contributed by atoms with Crippen LogP contribution in [0, 0.1) is 5.92 Å². The Bertz CT molecular complexity index is 1300. The van der Waals surface area contributed by atoms with Gasteiger partial charge in [0.2, 0.25) is 0 Å². The summed E-state index contributed by atoms with van der Waals surface area (Å²) in [7, 11) is 1.73. The molecule has 6 rings (SSSR count). The van der Waals surface area contributed by atoms with E-state index < -0.39 is 0 Å². The summed E-state index contributed by atoms with van der Waals surface area (Å²) in [5.74, 6) is 0.893. The average molecular weight is 368 g/mol. The smallest absolute Gasteiger partial charge is 0.174 e. The second kappa shape index (κ2) is 5.37. The average Bonchev–Trinajstić information content (AvgIpc) is 2.73. The molecule has 1 aliphatic heterocycles. The predicted octanol–water partition coefficient (Wildman–Crippen LogP) is 3.69. The van der Waals surface area contributed by atoms with Gasteiger partial charge in [-0.3, -0.25) is 4.79 Å². The second-order valence-corrected chi connectivity index (χ2v) is 8.30. The Kier molecular flexibility index (Phi) is 3.04. The molecule has 0 spiro atoms. The minimum absolute atomic E-state index is 0.192. The molecule has 0 saturated carbocycles. The van der Waals surface area contributed by atoms with E-state index in [1.165, 1.54) is 16.2 Å². The lowest BCUT2D eigenvalue weighted by atomic mass is 9.78. The van der Waals surface area contributed by atoms with Crippen LogP contribution in [0.25, 0.3) is 21.9 Å². The van der Waals surface area contributed by atoms with E-state index in [0.29, 0.717) is 0 Å². The predicted molar refractivity (Wildman–Crippen MR) is 111 cm³/mol.